The Bertz CT molecular complexity index is 829. The van der Waals surface area contributed by atoms with Crippen molar-refractivity contribution in [2.75, 3.05) is 20.1 Å². The monoisotopic (exact) mass is 386 g/mol. The molecule has 2 aromatic heterocycles. The number of fused-ring (bicyclic) bond motifs is 1. The van der Waals surface area contributed by atoms with Crippen LogP contribution < -0.4 is 5.32 Å². The Labute approximate surface area is 163 Å². The molecule has 8 heteroatoms. The molecule has 144 valence electrons. The Morgan fingerprint density at radius 3 is 3.00 bits per heavy atom. The highest BCUT2D eigenvalue weighted by atomic mass is 32.1. The number of rotatable bonds is 4. The van der Waals surface area contributed by atoms with Crippen molar-refractivity contribution < 1.29 is 4.79 Å². The summed E-state index contributed by atoms with van der Waals surface area (Å²) in [6, 6.07) is 2.53. The molecule has 27 heavy (non-hydrogen) atoms. The van der Waals surface area contributed by atoms with Gasteiger partial charge in [-0.15, -0.1) is 10.2 Å². The molecule has 2 fully saturated rings. The smallest absolute Gasteiger partial charge is 0.289 e. The summed E-state index contributed by atoms with van der Waals surface area (Å²) in [5, 5.41) is 16.0. The summed E-state index contributed by atoms with van der Waals surface area (Å²) in [5.74, 6) is 1.32. The van der Waals surface area contributed by atoms with Crippen LogP contribution in [0.5, 0.6) is 0 Å². The quantitative estimate of drug-likeness (QED) is 0.867. The SMILES string of the molecule is CN1Cc2nnc(C(=O)NC3CCC3)n2CC12CCN(Cc1ccsc1)C2. The highest BCUT2D eigenvalue weighted by molar-refractivity contribution is 7.07. The lowest BCUT2D eigenvalue weighted by atomic mass is 9.93. The second-order valence-electron chi connectivity index (χ2n) is 8.30. The minimum Gasteiger partial charge on any atom is -0.347 e. The van der Waals surface area contributed by atoms with Gasteiger partial charge >= 0.3 is 0 Å². The molecule has 0 bridgehead atoms. The first-order valence-electron chi connectivity index (χ1n) is 9.81. The lowest BCUT2D eigenvalue weighted by Gasteiger charge is -2.43. The van der Waals surface area contributed by atoms with E-state index in [0.29, 0.717) is 11.9 Å². The number of carbonyl (C=O) groups excluding carboxylic acids is 1. The van der Waals surface area contributed by atoms with Gasteiger partial charge in [-0.3, -0.25) is 14.6 Å². The highest BCUT2D eigenvalue weighted by Gasteiger charge is 2.46. The van der Waals surface area contributed by atoms with E-state index in [-0.39, 0.29) is 11.4 Å². The maximum atomic E-state index is 12.7. The van der Waals surface area contributed by atoms with Crippen LogP contribution in [0.25, 0.3) is 0 Å². The number of nitrogens with one attached hydrogen (secondary N) is 1. The van der Waals surface area contributed by atoms with E-state index in [4.69, 9.17) is 0 Å². The first-order valence-corrected chi connectivity index (χ1v) is 10.7. The van der Waals surface area contributed by atoms with Crippen LogP contribution in [-0.4, -0.2) is 62.2 Å². The van der Waals surface area contributed by atoms with E-state index in [1.807, 2.05) is 0 Å². The number of nitrogens with zero attached hydrogens (tertiary/aromatic N) is 5. The molecule has 3 aliphatic rings. The van der Waals surface area contributed by atoms with Crippen molar-refractivity contribution in [1.29, 1.82) is 0 Å². The number of carbonyl (C=O) groups is 1. The molecule has 7 nitrogen and oxygen atoms in total. The molecule has 2 aliphatic heterocycles. The second kappa shape index (κ2) is 6.68. The van der Waals surface area contributed by atoms with Gasteiger partial charge in [0.1, 0.15) is 5.82 Å². The molecule has 1 atom stereocenters. The van der Waals surface area contributed by atoms with Crippen LogP contribution in [-0.2, 0) is 19.6 Å². The first kappa shape index (κ1) is 17.3. The molecule has 1 saturated carbocycles. The van der Waals surface area contributed by atoms with Gasteiger partial charge in [-0.05, 0) is 55.1 Å². The highest BCUT2D eigenvalue weighted by Crippen LogP contribution is 2.35. The van der Waals surface area contributed by atoms with E-state index >= 15 is 0 Å². The van der Waals surface area contributed by atoms with Gasteiger partial charge < -0.3 is 9.88 Å². The van der Waals surface area contributed by atoms with Gasteiger partial charge in [0.05, 0.1) is 12.1 Å². The van der Waals surface area contributed by atoms with Crippen molar-refractivity contribution in [2.24, 2.45) is 0 Å². The van der Waals surface area contributed by atoms with Crippen molar-refractivity contribution in [2.45, 2.75) is 56.9 Å². The normalized spacial score (nSPS) is 26.3. The molecule has 1 N–H and O–H groups in total. The topological polar surface area (TPSA) is 66.3 Å². The summed E-state index contributed by atoms with van der Waals surface area (Å²) in [7, 11) is 2.18. The van der Waals surface area contributed by atoms with E-state index < -0.39 is 0 Å². The van der Waals surface area contributed by atoms with Gasteiger partial charge in [0.25, 0.3) is 5.91 Å². The van der Waals surface area contributed by atoms with Crippen LogP contribution in [0.4, 0.5) is 0 Å². The number of aromatic nitrogens is 3. The number of hydrogen-bond acceptors (Lipinski definition) is 6. The van der Waals surface area contributed by atoms with Crippen molar-refractivity contribution >= 4 is 17.2 Å². The van der Waals surface area contributed by atoms with Gasteiger partial charge in [0.2, 0.25) is 5.82 Å². The zero-order valence-electron chi connectivity index (χ0n) is 15.7. The number of likely N-dealkylation sites (tertiary alicyclic amines) is 1. The molecule has 1 aliphatic carbocycles. The summed E-state index contributed by atoms with van der Waals surface area (Å²) in [6.07, 6.45) is 4.47. The van der Waals surface area contributed by atoms with Crippen LogP contribution in [0.3, 0.4) is 0 Å². The summed E-state index contributed by atoms with van der Waals surface area (Å²) in [5.41, 5.74) is 1.44. The van der Waals surface area contributed by atoms with Crippen molar-refractivity contribution in [3.8, 4) is 0 Å². The fourth-order valence-electron chi connectivity index (χ4n) is 4.54. The average molecular weight is 387 g/mol. The Hall–Kier alpha value is -1.77. The Balaban J connectivity index is 1.34. The van der Waals surface area contributed by atoms with Crippen LogP contribution in [0.2, 0.25) is 0 Å². The molecule has 2 aromatic rings. The molecule has 0 aromatic carbocycles. The number of likely N-dealkylation sites (N-methyl/N-ethyl adjacent to an activating group) is 1. The van der Waals surface area contributed by atoms with Gasteiger partial charge in [0.15, 0.2) is 0 Å². The predicted octanol–water partition coefficient (Wildman–Crippen LogP) is 1.71. The fourth-order valence-corrected chi connectivity index (χ4v) is 5.20. The van der Waals surface area contributed by atoms with Crippen molar-refractivity contribution in [1.82, 2.24) is 29.9 Å². The zero-order chi connectivity index (χ0) is 18.4. The van der Waals surface area contributed by atoms with E-state index in [9.17, 15) is 4.79 Å². The number of thiophene rings is 1. The predicted molar refractivity (Wildman–Crippen MR) is 104 cm³/mol. The van der Waals surface area contributed by atoms with Gasteiger partial charge in [-0.1, -0.05) is 0 Å². The molecular weight excluding hydrogens is 360 g/mol. The van der Waals surface area contributed by atoms with Gasteiger partial charge in [-0.2, -0.15) is 11.3 Å². The van der Waals surface area contributed by atoms with Crippen LogP contribution in [0.1, 0.15) is 47.7 Å². The molecular formula is C19H26N6OS. The Morgan fingerprint density at radius 1 is 1.37 bits per heavy atom. The molecule has 0 radical (unpaired) electrons. The number of hydrogen-bond donors (Lipinski definition) is 1. The molecule has 1 saturated heterocycles. The standard InChI is InChI=1S/C19H26N6OS/c1-23-10-16-21-22-17(18(26)20-15-3-2-4-15)25(16)13-19(23)6-7-24(12-19)9-14-5-8-27-11-14/h5,8,11,15H,2-4,6-7,9-10,12-13H2,1H3,(H,20,26). The maximum Gasteiger partial charge on any atom is 0.289 e. The third kappa shape index (κ3) is 3.09. The Morgan fingerprint density at radius 2 is 2.26 bits per heavy atom. The van der Waals surface area contributed by atoms with Crippen LogP contribution >= 0.6 is 11.3 Å². The molecule has 4 heterocycles. The summed E-state index contributed by atoms with van der Waals surface area (Å²) < 4.78 is 2.07. The van der Waals surface area contributed by atoms with Gasteiger partial charge in [-0.25, -0.2) is 0 Å². The fraction of sp³-hybridized carbons (Fsp3) is 0.632. The maximum absolute atomic E-state index is 12.7. The van der Waals surface area contributed by atoms with E-state index in [0.717, 1.165) is 57.8 Å². The second-order valence-corrected chi connectivity index (χ2v) is 9.08. The molecule has 1 amide bonds. The number of amides is 1. The average Bonchev–Trinajstić information content (AvgIpc) is 3.34. The van der Waals surface area contributed by atoms with E-state index in [1.54, 1.807) is 11.3 Å². The molecule has 1 spiro atoms. The van der Waals surface area contributed by atoms with E-state index in [1.165, 1.54) is 12.0 Å². The minimum atomic E-state index is -0.0636. The molecule has 5 rings (SSSR count). The summed E-state index contributed by atoms with van der Waals surface area (Å²) >= 11 is 1.76. The lowest BCUT2D eigenvalue weighted by molar-refractivity contribution is 0.0645. The molecule has 1 unspecified atom stereocenters. The summed E-state index contributed by atoms with van der Waals surface area (Å²) in [4.78, 5) is 17.6. The van der Waals surface area contributed by atoms with Gasteiger partial charge in [0, 0.05) is 32.2 Å². The van der Waals surface area contributed by atoms with E-state index in [2.05, 4.69) is 53.8 Å². The van der Waals surface area contributed by atoms with Crippen LogP contribution in [0.15, 0.2) is 16.8 Å². The van der Waals surface area contributed by atoms with Crippen molar-refractivity contribution in [3.05, 3.63) is 34.0 Å². The zero-order valence-corrected chi connectivity index (χ0v) is 16.5. The lowest BCUT2D eigenvalue weighted by Crippen LogP contribution is -2.55. The Kier molecular flexibility index (Phi) is 4.29. The van der Waals surface area contributed by atoms with Crippen LogP contribution in [0, 0.1) is 0 Å². The largest absolute Gasteiger partial charge is 0.347 e. The minimum absolute atomic E-state index is 0.0525. The first-order chi connectivity index (χ1) is 13.1. The third-order valence-electron chi connectivity index (χ3n) is 6.51. The summed E-state index contributed by atoms with van der Waals surface area (Å²) in [6.45, 7) is 4.64. The van der Waals surface area contributed by atoms with Crippen molar-refractivity contribution in [3.63, 3.8) is 0 Å². The third-order valence-corrected chi connectivity index (χ3v) is 7.24.